The van der Waals surface area contributed by atoms with Gasteiger partial charge in [-0.05, 0) is 57.0 Å². The van der Waals surface area contributed by atoms with Crippen LogP contribution in [-0.4, -0.2) is 51.1 Å². The zero-order valence-electron chi connectivity index (χ0n) is 14.2. The molecule has 0 aromatic heterocycles. The van der Waals surface area contributed by atoms with Crippen molar-refractivity contribution in [3.8, 4) is 0 Å². The van der Waals surface area contributed by atoms with Crippen LogP contribution >= 0.6 is 35.6 Å². The molecule has 23 heavy (non-hydrogen) atoms. The van der Waals surface area contributed by atoms with Gasteiger partial charge in [0.25, 0.3) is 0 Å². The highest BCUT2D eigenvalue weighted by molar-refractivity contribution is 14.0. The molecule has 4 nitrogen and oxygen atoms in total. The topological polar surface area (TPSA) is 39.7 Å². The summed E-state index contributed by atoms with van der Waals surface area (Å²) in [4.78, 5) is 6.61. The van der Waals surface area contributed by atoms with Gasteiger partial charge in [0.05, 0.1) is 0 Å². The van der Waals surface area contributed by atoms with Gasteiger partial charge in [-0.15, -0.1) is 24.0 Å². The molecule has 0 radical (unpaired) electrons. The van der Waals surface area contributed by atoms with Crippen molar-refractivity contribution in [1.82, 2.24) is 15.5 Å². The summed E-state index contributed by atoms with van der Waals surface area (Å²) in [6.07, 6.45) is 3.66. The third kappa shape index (κ3) is 7.27. The lowest BCUT2D eigenvalue weighted by atomic mass is 10.1. The first kappa shape index (κ1) is 20.5. The van der Waals surface area contributed by atoms with Gasteiger partial charge in [0.2, 0.25) is 0 Å². The van der Waals surface area contributed by atoms with E-state index in [0.29, 0.717) is 6.04 Å². The summed E-state index contributed by atoms with van der Waals surface area (Å²) >= 11 is 5.90. The normalized spacial score (nSPS) is 16.0. The molecule has 0 heterocycles. The maximum Gasteiger partial charge on any atom is 0.191 e. The van der Waals surface area contributed by atoms with Crippen molar-refractivity contribution in [3.05, 3.63) is 34.9 Å². The van der Waals surface area contributed by atoms with Crippen LogP contribution in [0.3, 0.4) is 0 Å². The second-order valence-corrected chi connectivity index (χ2v) is 6.56. The molecule has 0 saturated heterocycles. The molecular formula is C17H28ClIN4. The summed E-state index contributed by atoms with van der Waals surface area (Å²) in [5, 5.41) is 7.60. The zero-order chi connectivity index (χ0) is 15.9. The fourth-order valence-electron chi connectivity index (χ4n) is 2.65. The van der Waals surface area contributed by atoms with Crippen LogP contribution in [0.25, 0.3) is 0 Å². The minimum absolute atomic E-state index is 0. The quantitative estimate of drug-likeness (QED) is 0.381. The number of benzene rings is 1. The van der Waals surface area contributed by atoms with Gasteiger partial charge in [0.15, 0.2) is 5.96 Å². The Bertz CT molecular complexity index is 484. The van der Waals surface area contributed by atoms with Crippen molar-refractivity contribution in [2.75, 3.05) is 34.2 Å². The molecule has 1 unspecified atom stereocenters. The lowest BCUT2D eigenvalue weighted by molar-refractivity contribution is 0.264. The van der Waals surface area contributed by atoms with Crippen molar-refractivity contribution in [3.63, 3.8) is 0 Å². The second-order valence-electron chi connectivity index (χ2n) is 6.12. The lowest BCUT2D eigenvalue weighted by Crippen LogP contribution is -2.46. The highest BCUT2D eigenvalue weighted by Gasteiger charge is 2.32. The van der Waals surface area contributed by atoms with Crippen molar-refractivity contribution in [2.24, 2.45) is 10.9 Å². The maximum absolute atomic E-state index is 5.90. The average molecular weight is 451 g/mol. The first-order chi connectivity index (χ1) is 10.6. The first-order valence-electron chi connectivity index (χ1n) is 7.95. The summed E-state index contributed by atoms with van der Waals surface area (Å²) in [6, 6.07) is 8.59. The van der Waals surface area contributed by atoms with E-state index in [1.54, 1.807) is 0 Å². The third-order valence-corrected chi connectivity index (χ3v) is 4.40. The van der Waals surface area contributed by atoms with E-state index in [9.17, 15) is 0 Å². The van der Waals surface area contributed by atoms with Crippen molar-refractivity contribution in [1.29, 1.82) is 0 Å². The van der Waals surface area contributed by atoms with E-state index in [-0.39, 0.29) is 24.0 Å². The van der Waals surface area contributed by atoms with Gasteiger partial charge >= 0.3 is 0 Å². The number of rotatable bonds is 7. The number of hydrogen-bond donors (Lipinski definition) is 2. The molecule has 6 heteroatoms. The number of aliphatic imine (C=N–C) groups is 1. The molecule has 2 N–H and O–H groups in total. The molecule has 1 aromatic carbocycles. The van der Waals surface area contributed by atoms with E-state index >= 15 is 0 Å². The van der Waals surface area contributed by atoms with Crippen molar-refractivity contribution < 1.29 is 0 Å². The molecule has 1 atom stereocenters. The van der Waals surface area contributed by atoms with Gasteiger partial charge < -0.3 is 15.5 Å². The largest absolute Gasteiger partial charge is 0.356 e. The van der Waals surface area contributed by atoms with Gasteiger partial charge in [0.1, 0.15) is 0 Å². The van der Waals surface area contributed by atoms with Crippen LogP contribution in [0.5, 0.6) is 0 Å². The van der Waals surface area contributed by atoms with Crippen LogP contribution in [0.2, 0.25) is 5.02 Å². The lowest BCUT2D eigenvalue weighted by Gasteiger charge is -2.25. The summed E-state index contributed by atoms with van der Waals surface area (Å²) in [6.45, 7) is 1.80. The Morgan fingerprint density at radius 1 is 1.26 bits per heavy atom. The minimum atomic E-state index is 0. The van der Waals surface area contributed by atoms with Crippen LogP contribution in [0.15, 0.2) is 29.3 Å². The molecule has 1 fully saturated rings. The van der Waals surface area contributed by atoms with Crippen molar-refractivity contribution in [2.45, 2.75) is 25.3 Å². The van der Waals surface area contributed by atoms with Crippen LogP contribution in [0.1, 0.15) is 18.4 Å². The Morgan fingerprint density at radius 2 is 1.91 bits per heavy atom. The predicted molar refractivity (Wildman–Crippen MR) is 110 cm³/mol. The molecule has 1 aliphatic carbocycles. The van der Waals surface area contributed by atoms with Gasteiger partial charge in [0, 0.05) is 31.2 Å². The Labute approximate surface area is 162 Å². The average Bonchev–Trinajstić information content (AvgIpc) is 3.32. The van der Waals surface area contributed by atoms with Gasteiger partial charge in [-0.3, -0.25) is 4.99 Å². The smallest absolute Gasteiger partial charge is 0.191 e. The Morgan fingerprint density at radius 3 is 2.43 bits per heavy atom. The van der Waals surface area contributed by atoms with Gasteiger partial charge in [-0.2, -0.15) is 0 Å². The Kier molecular flexibility index (Phi) is 9.24. The molecule has 1 aromatic rings. The highest BCUT2D eigenvalue weighted by atomic mass is 127. The molecule has 0 amide bonds. The number of hydrogen-bond acceptors (Lipinski definition) is 2. The molecule has 0 bridgehead atoms. The number of likely N-dealkylation sites (N-methyl/N-ethyl adjacent to an activating group) is 1. The van der Waals surface area contributed by atoms with Crippen LogP contribution < -0.4 is 10.6 Å². The van der Waals surface area contributed by atoms with E-state index < -0.39 is 0 Å². The second kappa shape index (κ2) is 10.4. The Balaban J connectivity index is 0.00000264. The summed E-state index contributed by atoms with van der Waals surface area (Å²) in [5.74, 6) is 1.72. The predicted octanol–water partition coefficient (Wildman–Crippen LogP) is 3.01. The van der Waals surface area contributed by atoms with Crippen LogP contribution in [0.4, 0.5) is 0 Å². The Hall–Kier alpha value is -0.530. The maximum atomic E-state index is 5.90. The minimum Gasteiger partial charge on any atom is -0.356 e. The first-order valence-corrected chi connectivity index (χ1v) is 8.33. The fraction of sp³-hybridized carbons (Fsp3) is 0.588. The highest BCUT2D eigenvalue weighted by Crippen LogP contribution is 2.34. The van der Waals surface area contributed by atoms with E-state index in [1.165, 1.54) is 18.4 Å². The van der Waals surface area contributed by atoms with Crippen molar-refractivity contribution >= 4 is 41.5 Å². The van der Waals surface area contributed by atoms with E-state index in [2.05, 4.69) is 46.8 Å². The fourth-order valence-corrected chi connectivity index (χ4v) is 2.78. The van der Waals surface area contributed by atoms with E-state index in [0.717, 1.165) is 36.4 Å². The third-order valence-electron chi connectivity index (χ3n) is 4.15. The molecule has 1 saturated carbocycles. The monoisotopic (exact) mass is 450 g/mol. The van der Waals surface area contributed by atoms with E-state index in [1.807, 2.05) is 19.2 Å². The number of nitrogens with one attached hydrogen (secondary N) is 2. The van der Waals surface area contributed by atoms with Gasteiger partial charge in [-0.25, -0.2) is 0 Å². The SMILES string of the molecule is CN=C(NCCc1ccc(Cl)cc1)NCC(C1CC1)N(C)C.I. The zero-order valence-corrected chi connectivity index (χ0v) is 17.3. The van der Waals surface area contributed by atoms with Gasteiger partial charge in [-0.1, -0.05) is 23.7 Å². The summed E-state index contributed by atoms with van der Waals surface area (Å²) in [7, 11) is 6.13. The summed E-state index contributed by atoms with van der Waals surface area (Å²) in [5.41, 5.74) is 1.27. The molecular weight excluding hydrogens is 423 g/mol. The molecule has 0 spiro atoms. The number of halogens is 2. The van der Waals surface area contributed by atoms with Crippen LogP contribution in [0, 0.1) is 5.92 Å². The number of nitrogens with zero attached hydrogens (tertiary/aromatic N) is 2. The summed E-state index contributed by atoms with van der Waals surface area (Å²) < 4.78 is 0. The van der Waals surface area contributed by atoms with E-state index in [4.69, 9.17) is 11.6 Å². The standard InChI is InChI=1S/C17H27ClN4.HI/c1-19-17(21-12-16(22(2)3)14-6-7-14)20-11-10-13-4-8-15(18)9-5-13;/h4-5,8-9,14,16H,6-7,10-12H2,1-3H3,(H2,19,20,21);1H. The molecule has 130 valence electrons. The molecule has 1 aliphatic rings. The molecule has 2 rings (SSSR count). The van der Waals surface area contributed by atoms with Crippen LogP contribution in [-0.2, 0) is 6.42 Å². The number of guanidine groups is 1. The molecule has 0 aliphatic heterocycles.